The number of carbonyl (C=O) groups excluding carboxylic acids is 1. The molecule has 152 valence electrons. The van der Waals surface area contributed by atoms with Gasteiger partial charge in [0.25, 0.3) is 5.91 Å². The van der Waals surface area contributed by atoms with Gasteiger partial charge in [-0.15, -0.1) is 0 Å². The number of hydrogen-bond donors (Lipinski definition) is 2. The number of hydrogen-bond acceptors (Lipinski definition) is 3. The summed E-state index contributed by atoms with van der Waals surface area (Å²) >= 11 is 0. The Kier molecular flexibility index (Phi) is 4.99. The van der Waals surface area contributed by atoms with Crippen LogP contribution in [0.15, 0.2) is 72.8 Å². The van der Waals surface area contributed by atoms with Gasteiger partial charge in [-0.2, -0.15) is 5.10 Å². The van der Waals surface area contributed by atoms with Gasteiger partial charge in [0.2, 0.25) is 0 Å². The van der Waals surface area contributed by atoms with Gasteiger partial charge in [-0.05, 0) is 47.7 Å². The van der Waals surface area contributed by atoms with Crippen molar-refractivity contribution in [2.24, 2.45) is 5.73 Å². The highest BCUT2D eigenvalue weighted by Crippen LogP contribution is 2.23. The third-order valence-corrected chi connectivity index (χ3v) is 5.65. The van der Waals surface area contributed by atoms with Gasteiger partial charge in [-0.1, -0.05) is 54.5 Å². The first-order valence-electron chi connectivity index (χ1n) is 10.4. The summed E-state index contributed by atoms with van der Waals surface area (Å²) in [5.41, 5.74) is 11.2. The number of aromatic nitrogens is 2. The molecule has 1 aliphatic heterocycles. The van der Waals surface area contributed by atoms with E-state index in [1.165, 1.54) is 0 Å². The molecule has 1 atom stereocenters. The Morgan fingerprint density at radius 1 is 1.03 bits per heavy atom. The maximum atomic E-state index is 12.9. The van der Waals surface area contributed by atoms with Crippen LogP contribution in [0.2, 0.25) is 0 Å². The lowest BCUT2D eigenvalue weighted by molar-refractivity contribution is 0.0791. The number of benzene rings is 3. The third kappa shape index (κ3) is 3.81. The van der Waals surface area contributed by atoms with Crippen LogP contribution in [0.1, 0.15) is 28.0 Å². The van der Waals surface area contributed by atoms with E-state index in [0.717, 1.165) is 34.0 Å². The number of nitrogens with one attached hydrogen (secondary N) is 1. The van der Waals surface area contributed by atoms with Crippen molar-refractivity contribution in [2.45, 2.75) is 12.5 Å². The van der Waals surface area contributed by atoms with E-state index >= 15 is 0 Å². The fourth-order valence-corrected chi connectivity index (χ4v) is 3.98. The van der Waals surface area contributed by atoms with Crippen LogP contribution in [0.25, 0.3) is 22.0 Å². The molecule has 0 spiro atoms. The molecule has 5 rings (SSSR count). The van der Waals surface area contributed by atoms with Crippen LogP contribution in [0.5, 0.6) is 0 Å². The standard InChI is InChI=1S/C26H22N4O/c27-21-14-15-30(17-21)26(31)20-11-13-25-23(16-20)24(28-29-25)12-10-19-8-4-5-9-22(19)18-6-2-1-3-7-18/h1-9,11,13,16,21H,14-15,17,27H2,(H,28,29)/t21-/m0/s1. The van der Waals surface area contributed by atoms with Crippen molar-refractivity contribution in [3.8, 4) is 23.0 Å². The van der Waals surface area contributed by atoms with Crippen molar-refractivity contribution in [1.29, 1.82) is 0 Å². The highest BCUT2D eigenvalue weighted by molar-refractivity contribution is 5.99. The molecule has 31 heavy (non-hydrogen) atoms. The zero-order valence-electron chi connectivity index (χ0n) is 17.0. The number of nitrogens with zero attached hydrogens (tertiary/aromatic N) is 2. The minimum absolute atomic E-state index is 0.00406. The topological polar surface area (TPSA) is 75.0 Å². The SMILES string of the molecule is N[C@H]1CCN(C(=O)c2ccc3[nH]nc(C#Cc4ccccc4-c4ccccc4)c3c2)C1. The summed E-state index contributed by atoms with van der Waals surface area (Å²) in [6.45, 7) is 1.30. The number of likely N-dealkylation sites (tertiary alicyclic amines) is 1. The maximum absolute atomic E-state index is 12.9. The van der Waals surface area contributed by atoms with Crippen LogP contribution in [0.4, 0.5) is 0 Å². The predicted octanol–water partition coefficient (Wildman–Crippen LogP) is 3.80. The Morgan fingerprint density at radius 3 is 2.65 bits per heavy atom. The number of nitrogens with two attached hydrogens (primary N) is 1. The Bertz CT molecular complexity index is 1310. The highest BCUT2D eigenvalue weighted by Gasteiger charge is 2.24. The van der Waals surface area contributed by atoms with Crippen molar-refractivity contribution < 1.29 is 4.79 Å². The fraction of sp³-hybridized carbons (Fsp3) is 0.154. The van der Waals surface area contributed by atoms with Gasteiger partial charge in [-0.3, -0.25) is 9.89 Å². The largest absolute Gasteiger partial charge is 0.337 e. The zero-order chi connectivity index (χ0) is 21.2. The average Bonchev–Trinajstić information content (AvgIpc) is 3.43. The molecular weight excluding hydrogens is 384 g/mol. The summed E-state index contributed by atoms with van der Waals surface area (Å²) in [5, 5.41) is 8.24. The summed E-state index contributed by atoms with van der Waals surface area (Å²) in [6.07, 6.45) is 0.844. The van der Waals surface area contributed by atoms with Gasteiger partial charge in [-0.25, -0.2) is 0 Å². The normalized spacial score (nSPS) is 15.6. The van der Waals surface area contributed by atoms with E-state index in [9.17, 15) is 4.79 Å². The van der Waals surface area contributed by atoms with Crippen LogP contribution < -0.4 is 5.73 Å². The summed E-state index contributed by atoms with van der Waals surface area (Å²) < 4.78 is 0. The molecule has 3 N–H and O–H groups in total. The number of aromatic amines is 1. The first-order chi connectivity index (χ1) is 15.2. The summed E-state index contributed by atoms with van der Waals surface area (Å²) in [7, 11) is 0. The molecule has 3 aromatic carbocycles. The van der Waals surface area contributed by atoms with Gasteiger partial charge in [0.15, 0.2) is 0 Å². The predicted molar refractivity (Wildman–Crippen MR) is 122 cm³/mol. The van der Waals surface area contributed by atoms with Crippen LogP contribution in [-0.4, -0.2) is 40.1 Å². The Labute approximate surface area is 180 Å². The van der Waals surface area contributed by atoms with E-state index in [2.05, 4.69) is 40.2 Å². The van der Waals surface area contributed by atoms with Crippen molar-refractivity contribution in [3.05, 3.63) is 89.6 Å². The lowest BCUT2D eigenvalue weighted by Crippen LogP contribution is -2.31. The van der Waals surface area contributed by atoms with E-state index in [0.29, 0.717) is 24.3 Å². The first kappa shape index (κ1) is 19.1. The van der Waals surface area contributed by atoms with Crippen molar-refractivity contribution in [1.82, 2.24) is 15.1 Å². The van der Waals surface area contributed by atoms with Crippen LogP contribution in [-0.2, 0) is 0 Å². The molecule has 5 heteroatoms. The Hall–Kier alpha value is -3.88. The number of H-pyrrole nitrogens is 1. The lowest BCUT2D eigenvalue weighted by atomic mass is 10.00. The first-order valence-corrected chi connectivity index (χ1v) is 10.4. The Morgan fingerprint density at radius 2 is 1.84 bits per heavy atom. The molecule has 5 nitrogen and oxygen atoms in total. The Balaban J connectivity index is 1.49. The molecule has 1 fully saturated rings. The van der Waals surface area contributed by atoms with Gasteiger partial charge in [0.1, 0.15) is 5.69 Å². The van der Waals surface area contributed by atoms with Crippen LogP contribution in [0.3, 0.4) is 0 Å². The summed E-state index contributed by atoms with van der Waals surface area (Å²) in [5.74, 6) is 6.48. The number of carbonyl (C=O) groups is 1. The quantitative estimate of drug-likeness (QED) is 0.497. The molecule has 1 saturated heterocycles. The van der Waals surface area contributed by atoms with Gasteiger partial charge in [0.05, 0.1) is 5.52 Å². The molecule has 1 aliphatic rings. The average molecular weight is 406 g/mol. The molecule has 0 bridgehead atoms. The monoisotopic (exact) mass is 406 g/mol. The van der Waals surface area contributed by atoms with E-state index in [1.54, 1.807) is 0 Å². The smallest absolute Gasteiger partial charge is 0.253 e. The molecule has 2 heterocycles. The molecule has 1 amide bonds. The van der Waals surface area contributed by atoms with E-state index < -0.39 is 0 Å². The second kappa shape index (κ2) is 8.10. The lowest BCUT2D eigenvalue weighted by Gasteiger charge is -2.15. The van der Waals surface area contributed by atoms with Gasteiger partial charge >= 0.3 is 0 Å². The van der Waals surface area contributed by atoms with Crippen molar-refractivity contribution in [3.63, 3.8) is 0 Å². The van der Waals surface area contributed by atoms with E-state index in [-0.39, 0.29) is 11.9 Å². The van der Waals surface area contributed by atoms with Crippen LogP contribution >= 0.6 is 0 Å². The van der Waals surface area contributed by atoms with Gasteiger partial charge in [0, 0.05) is 35.6 Å². The highest BCUT2D eigenvalue weighted by atomic mass is 16.2. The van der Waals surface area contributed by atoms with Crippen molar-refractivity contribution in [2.75, 3.05) is 13.1 Å². The van der Waals surface area contributed by atoms with E-state index in [1.807, 2.05) is 59.5 Å². The number of fused-ring (bicyclic) bond motifs is 1. The fourth-order valence-electron chi connectivity index (χ4n) is 3.98. The minimum atomic E-state index is 0.00406. The molecule has 4 aromatic rings. The molecule has 0 radical (unpaired) electrons. The molecule has 1 aromatic heterocycles. The second-order valence-electron chi connectivity index (χ2n) is 7.79. The van der Waals surface area contributed by atoms with Crippen molar-refractivity contribution >= 4 is 16.8 Å². The third-order valence-electron chi connectivity index (χ3n) is 5.65. The molecular formula is C26H22N4O. The number of rotatable bonds is 2. The summed E-state index contributed by atoms with van der Waals surface area (Å²) in [4.78, 5) is 14.7. The second-order valence-corrected chi connectivity index (χ2v) is 7.79. The molecule has 0 aliphatic carbocycles. The van der Waals surface area contributed by atoms with Crippen LogP contribution in [0, 0.1) is 11.8 Å². The molecule has 0 saturated carbocycles. The van der Waals surface area contributed by atoms with E-state index in [4.69, 9.17) is 5.73 Å². The maximum Gasteiger partial charge on any atom is 0.253 e. The molecule has 0 unspecified atom stereocenters. The zero-order valence-corrected chi connectivity index (χ0v) is 17.0. The van der Waals surface area contributed by atoms with Gasteiger partial charge < -0.3 is 10.6 Å². The summed E-state index contributed by atoms with van der Waals surface area (Å²) in [6, 6.07) is 23.9. The number of amides is 1. The minimum Gasteiger partial charge on any atom is -0.337 e.